The number of guanidine groups is 1. The summed E-state index contributed by atoms with van der Waals surface area (Å²) in [6, 6.07) is 3.09. The lowest BCUT2D eigenvalue weighted by molar-refractivity contribution is -0.143. The lowest BCUT2D eigenvalue weighted by Crippen LogP contribution is -2.57. The van der Waals surface area contributed by atoms with Crippen LogP contribution in [0.3, 0.4) is 0 Å². The van der Waals surface area contributed by atoms with E-state index in [1.54, 1.807) is 0 Å². The Morgan fingerprint density at radius 1 is 1.00 bits per heavy atom. The van der Waals surface area contributed by atoms with E-state index in [2.05, 4.69) is 36.6 Å². The highest BCUT2D eigenvalue weighted by atomic mass is 16.4. The number of nitrogens with zero attached hydrogens (tertiary/aromatic N) is 2. The van der Waals surface area contributed by atoms with E-state index in [9.17, 15) is 33.9 Å². The highest BCUT2D eigenvalue weighted by molar-refractivity contribution is 5.96. The van der Waals surface area contributed by atoms with Crippen LogP contribution in [0.5, 0.6) is 0 Å². The summed E-state index contributed by atoms with van der Waals surface area (Å²) in [5.41, 5.74) is 19.4. The molecule has 2 aromatic rings. The summed E-state index contributed by atoms with van der Waals surface area (Å²) in [6.45, 7) is 2.34. The number of unbranched alkanes of at least 4 members (excludes halogenated alkanes) is 1. The number of aliphatic imine (C=N–C) groups is 1. The number of carbonyl (C=O) groups excluding carboxylic acids is 5. The number of carboxylic acids is 1. The van der Waals surface area contributed by atoms with Crippen LogP contribution < -0.4 is 43.8 Å². The van der Waals surface area contributed by atoms with E-state index < -0.39 is 59.8 Å². The first-order valence-electron chi connectivity index (χ1n) is 17.7. The Morgan fingerprint density at radius 2 is 1.75 bits per heavy atom. The Labute approximate surface area is 301 Å². The van der Waals surface area contributed by atoms with Gasteiger partial charge >= 0.3 is 5.97 Å². The second-order valence-corrected chi connectivity index (χ2v) is 13.2. The maximum atomic E-state index is 13.9. The predicted octanol–water partition coefficient (Wildman–Crippen LogP) is -1.97. The molecular formula is C34H51N11O7. The predicted molar refractivity (Wildman–Crippen MR) is 192 cm³/mol. The van der Waals surface area contributed by atoms with Crippen LogP contribution in [-0.2, 0) is 41.7 Å². The molecule has 5 amide bonds. The number of likely N-dealkylation sites (tertiary alicyclic amines) is 1. The Kier molecular flexibility index (Phi) is 14.3. The molecule has 1 saturated heterocycles. The minimum Gasteiger partial charge on any atom is -0.480 e. The Balaban J connectivity index is 1.34. The number of nitrogens with one attached hydrogen (secondary N) is 6. The third-order valence-corrected chi connectivity index (χ3v) is 9.31. The third-order valence-electron chi connectivity index (χ3n) is 9.31. The normalized spacial score (nSPS) is 18.4. The SMILES string of the molecule is C[C@H](NC(=O)[C@@H]1CCCN1C(=O)[C@H](CCCN=C(N)N)NC(=O)CNC(=O)[C@@H]1Cc2c([nH]c3ccccc23)CN1)C(=O)N[C@@H](CCCCN)C(=O)O. The number of benzene rings is 1. The molecule has 4 rings (SSSR count). The monoisotopic (exact) mass is 725 g/mol. The standard InChI is InChI=1S/C34H51N11O7/c1-19(29(47)44-24(33(51)52)10-4-5-13-35)41-31(49)27-12-7-15-45(27)32(50)23(11-6-14-38-34(36)37)43-28(46)18-40-30(48)25-16-21-20-8-2-3-9-22(20)42-26(21)17-39-25/h2-3,8-9,19,23-25,27,39,42H,4-7,10-18,35H2,1H3,(H,40,48)(H,41,49)(H,43,46)(H,44,47)(H,51,52)(H4,36,37,38)/t19-,23-,24-,25-,27-/m0/s1. The number of para-hydroxylation sites is 1. The fraction of sp³-hybridized carbons (Fsp3) is 0.559. The average Bonchev–Trinajstić information content (AvgIpc) is 3.76. The van der Waals surface area contributed by atoms with Crippen LogP contribution in [0.15, 0.2) is 29.3 Å². The van der Waals surface area contributed by atoms with Gasteiger partial charge in [-0.15, -0.1) is 0 Å². The number of H-pyrrole nitrogens is 1. The van der Waals surface area contributed by atoms with E-state index in [1.807, 2.05) is 24.3 Å². The molecule has 1 aromatic heterocycles. The van der Waals surface area contributed by atoms with Crippen molar-refractivity contribution in [3.63, 3.8) is 0 Å². The quantitative estimate of drug-likeness (QED) is 0.0457. The van der Waals surface area contributed by atoms with E-state index in [0.717, 1.165) is 22.2 Å². The fourth-order valence-electron chi connectivity index (χ4n) is 6.55. The summed E-state index contributed by atoms with van der Waals surface area (Å²) in [6.07, 6.45) is 3.04. The number of aliphatic carboxylic acids is 1. The van der Waals surface area contributed by atoms with Gasteiger partial charge in [-0.2, -0.15) is 0 Å². The lowest BCUT2D eigenvalue weighted by atomic mass is 9.98. The number of carbonyl (C=O) groups is 6. The molecule has 18 heteroatoms. The van der Waals surface area contributed by atoms with Crippen molar-refractivity contribution in [3.8, 4) is 0 Å². The van der Waals surface area contributed by atoms with Gasteiger partial charge in [-0.25, -0.2) is 4.79 Å². The molecule has 0 spiro atoms. The Bertz CT molecular complexity index is 1640. The van der Waals surface area contributed by atoms with Gasteiger partial charge in [0.25, 0.3) is 0 Å². The zero-order valence-corrected chi connectivity index (χ0v) is 29.4. The minimum atomic E-state index is -1.20. The van der Waals surface area contributed by atoms with Gasteiger partial charge in [-0.05, 0) is 76.5 Å². The summed E-state index contributed by atoms with van der Waals surface area (Å²) >= 11 is 0. The molecule has 2 aliphatic heterocycles. The van der Waals surface area contributed by atoms with E-state index in [4.69, 9.17) is 17.2 Å². The zero-order chi connectivity index (χ0) is 37.8. The first-order valence-corrected chi connectivity index (χ1v) is 17.7. The number of nitrogens with two attached hydrogens (primary N) is 3. The second kappa shape index (κ2) is 18.8. The van der Waals surface area contributed by atoms with Gasteiger partial charge in [0.15, 0.2) is 5.96 Å². The van der Waals surface area contributed by atoms with Crippen LogP contribution in [0.4, 0.5) is 0 Å². The molecule has 52 heavy (non-hydrogen) atoms. The van der Waals surface area contributed by atoms with Crippen LogP contribution in [-0.4, -0.2) is 113 Å². The molecule has 0 radical (unpaired) electrons. The van der Waals surface area contributed by atoms with E-state index >= 15 is 0 Å². The summed E-state index contributed by atoms with van der Waals surface area (Å²) in [4.78, 5) is 86.5. The number of fused-ring (bicyclic) bond motifs is 3. The Morgan fingerprint density at radius 3 is 2.48 bits per heavy atom. The number of carboxylic acid groups (broad SMARTS) is 1. The zero-order valence-electron chi connectivity index (χ0n) is 29.4. The van der Waals surface area contributed by atoms with E-state index in [-0.39, 0.29) is 44.3 Å². The molecular weight excluding hydrogens is 674 g/mol. The average molecular weight is 726 g/mol. The molecule has 0 unspecified atom stereocenters. The summed E-state index contributed by atoms with van der Waals surface area (Å²) in [5, 5.41) is 24.2. The van der Waals surface area contributed by atoms with E-state index in [0.29, 0.717) is 51.6 Å². The maximum absolute atomic E-state index is 13.9. The smallest absolute Gasteiger partial charge is 0.326 e. The van der Waals surface area contributed by atoms with E-state index in [1.165, 1.54) is 11.8 Å². The van der Waals surface area contributed by atoms with Gasteiger partial charge in [0.2, 0.25) is 29.5 Å². The number of aromatic nitrogens is 1. The molecule has 5 atom stereocenters. The lowest BCUT2D eigenvalue weighted by Gasteiger charge is -2.29. The van der Waals surface area contributed by atoms with Gasteiger partial charge in [-0.1, -0.05) is 18.2 Å². The molecule has 0 aliphatic carbocycles. The van der Waals surface area contributed by atoms with Crippen molar-refractivity contribution in [2.24, 2.45) is 22.2 Å². The number of rotatable bonds is 18. The fourth-order valence-corrected chi connectivity index (χ4v) is 6.55. The largest absolute Gasteiger partial charge is 0.480 e. The third kappa shape index (κ3) is 10.6. The first kappa shape index (κ1) is 39.6. The van der Waals surface area contributed by atoms with Crippen LogP contribution in [0.25, 0.3) is 10.9 Å². The molecule has 2 aliphatic rings. The molecule has 0 saturated carbocycles. The minimum absolute atomic E-state index is 0.120. The van der Waals surface area contributed by atoms with Crippen LogP contribution in [0.2, 0.25) is 0 Å². The van der Waals surface area contributed by atoms with Crippen LogP contribution in [0, 0.1) is 0 Å². The summed E-state index contributed by atoms with van der Waals surface area (Å²) in [5.74, 6) is -4.04. The molecule has 0 bridgehead atoms. The van der Waals surface area contributed by atoms with Crippen LogP contribution >= 0.6 is 0 Å². The van der Waals surface area contributed by atoms with Crippen molar-refractivity contribution in [1.29, 1.82) is 0 Å². The van der Waals surface area contributed by atoms with Gasteiger partial charge in [0.1, 0.15) is 24.2 Å². The van der Waals surface area contributed by atoms with Crippen molar-refractivity contribution in [2.45, 2.75) is 95.0 Å². The first-order chi connectivity index (χ1) is 24.9. The van der Waals surface area contributed by atoms with Crippen molar-refractivity contribution in [1.82, 2.24) is 36.5 Å². The van der Waals surface area contributed by atoms with Crippen molar-refractivity contribution in [2.75, 3.05) is 26.2 Å². The number of amides is 5. The van der Waals surface area contributed by atoms with Gasteiger partial charge in [0, 0.05) is 36.2 Å². The topological polar surface area (TPSA) is 292 Å². The van der Waals surface area contributed by atoms with Crippen molar-refractivity contribution >= 4 is 52.4 Å². The van der Waals surface area contributed by atoms with Crippen molar-refractivity contribution < 1.29 is 33.9 Å². The maximum Gasteiger partial charge on any atom is 0.326 e. The summed E-state index contributed by atoms with van der Waals surface area (Å²) < 4.78 is 0. The summed E-state index contributed by atoms with van der Waals surface area (Å²) in [7, 11) is 0. The van der Waals surface area contributed by atoms with Crippen molar-refractivity contribution in [3.05, 3.63) is 35.5 Å². The van der Waals surface area contributed by atoms with Gasteiger partial charge in [-0.3, -0.25) is 34.3 Å². The number of aromatic amines is 1. The van der Waals surface area contributed by atoms with Gasteiger partial charge < -0.3 is 53.5 Å². The molecule has 284 valence electrons. The Hall–Kier alpha value is -5.23. The van der Waals surface area contributed by atoms with Crippen LogP contribution in [0.1, 0.15) is 63.1 Å². The molecule has 13 N–H and O–H groups in total. The molecule has 18 nitrogen and oxygen atoms in total. The highest BCUT2D eigenvalue weighted by Crippen LogP contribution is 2.26. The highest BCUT2D eigenvalue weighted by Gasteiger charge is 2.38. The second-order valence-electron chi connectivity index (χ2n) is 13.2. The molecule has 3 heterocycles. The molecule has 1 aromatic carbocycles. The number of hydrogen-bond acceptors (Lipinski definition) is 9. The number of hydrogen-bond donors (Lipinski definition) is 10. The molecule has 1 fully saturated rings. The van der Waals surface area contributed by atoms with Gasteiger partial charge in [0.05, 0.1) is 12.6 Å².